The summed E-state index contributed by atoms with van der Waals surface area (Å²) in [4.78, 5) is 11.7. The fourth-order valence-corrected chi connectivity index (χ4v) is 9.27. The first-order valence-corrected chi connectivity index (χ1v) is 12.1. The van der Waals surface area contributed by atoms with Gasteiger partial charge in [-0.3, -0.25) is 4.79 Å². The molecule has 5 aliphatic rings. The maximum absolute atomic E-state index is 11.7. The Hall–Kier alpha value is -0.570. The highest BCUT2D eigenvalue weighted by atomic mass is 16.6. The summed E-state index contributed by atoms with van der Waals surface area (Å²) in [7, 11) is 1.51. The second-order valence-corrected chi connectivity index (χ2v) is 11.5. The molecule has 0 amide bonds. The fourth-order valence-electron chi connectivity index (χ4n) is 9.27. The van der Waals surface area contributed by atoms with Crippen LogP contribution in [0.25, 0.3) is 0 Å². The van der Waals surface area contributed by atoms with Crippen molar-refractivity contribution in [1.82, 2.24) is 0 Å². The lowest BCUT2D eigenvalue weighted by Gasteiger charge is -2.59. The van der Waals surface area contributed by atoms with Crippen molar-refractivity contribution in [3.05, 3.63) is 0 Å². The highest BCUT2D eigenvalue weighted by Crippen LogP contribution is 2.73. The second-order valence-electron chi connectivity index (χ2n) is 11.5. The van der Waals surface area contributed by atoms with Gasteiger partial charge in [-0.1, -0.05) is 33.6 Å². The quantitative estimate of drug-likeness (QED) is 0.464. The average Bonchev–Trinajstić information content (AvgIpc) is 3.41. The van der Waals surface area contributed by atoms with E-state index in [4.69, 9.17) is 9.47 Å². The van der Waals surface area contributed by atoms with E-state index in [2.05, 4.69) is 20.8 Å². The van der Waals surface area contributed by atoms with Gasteiger partial charge in [-0.25, -0.2) is 0 Å². The Morgan fingerprint density at radius 3 is 2.75 bits per heavy atom. The van der Waals surface area contributed by atoms with Crippen molar-refractivity contribution >= 4 is 5.97 Å². The molecule has 0 radical (unpaired) electrons. The Bertz CT molecular complexity index is 631. The number of esters is 1. The van der Waals surface area contributed by atoms with Crippen LogP contribution in [-0.2, 0) is 14.3 Å². The van der Waals surface area contributed by atoms with Crippen molar-refractivity contribution in [2.24, 2.45) is 46.3 Å². The van der Waals surface area contributed by atoms with E-state index >= 15 is 0 Å². The van der Waals surface area contributed by atoms with Crippen LogP contribution in [0.15, 0.2) is 0 Å². The molecule has 5 rings (SSSR count). The van der Waals surface area contributed by atoms with Gasteiger partial charge in [0.15, 0.2) is 0 Å². The molecule has 5 fully saturated rings. The molecule has 0 spiro atoms. The number of rotatable bonds is 4. The summed E-state index contributed by atoms with van der Waals surface area (Å²) in [6.45, 7) is 7.59. The molecule has 0 aromatic heterocycles. The maximum Gasteiger partial charge on any atom is 0.305 e. The number of carbonyl (C=O) groups excluding carboxylic acids is 1. The summed E-state index contributed by atoms with van der Waals surface area (Å²) >= 11 is 0. The van der Waals surface area contributed by atoms with Crippen molar-refractivity contribution in [2.75, 3.05) is 7.11 Å². The summed E-state index contributed by atoms with van der Waals surface area (Å²) in [5.41, 5.74) is 0.871. The van der Waals surface area contributed by atoms with Crippen LogP contribution < -0.4 is 0 Å². The minimum atomic E-state index is -0.0562. The Kier molecular flexibility index (Phi) is 4.66. The molecule has 158 valence electrons. The number of hydrogen-bond donors (Lipinski definition) is 0. The van der Waals surface area contributed by atoms with E-state index in [0.717, 1.165) is 30.1 Å². The van der Waals surface area contributed by atoms with Gasteiger partial charge in [-0.05, 0) is 85.9 Å². The van der Waals surface area contributed by atoms with Gasteiger partial charge < -0.3 is 9.47 Å². The van der Waals surface area contributed by atoms with Gasteiger partial charge in [0, 0.05) is 11.8 Å². The zero-order chi connectivity index (χ0) is 19.7. The van der Waals surface area contributed by atoms with E-state index in [9.17, 15) is 4.79 Å². The summed E-state index contributed by atoms with van der Waals surface area (Å²) in [5, 5.41) is 0. The lowest BCUT2D eigenvalue weighted by molar-refractivity contribution is -0.141. The zero-order valence-corrected chi connectivity index (χ0v) is 18.4. The Labute approximate surface area is 171 Å². The largest absolute Gasteiger partial charge is 0.469 e. The normalized spacial score (nSPS) is 52.6. The number of epoxide rings is 1. The zero-order valence-electron chi connectivity index (χ0n) is 18.4. The number of methoxy groups -OCH3 is 1. The molecule has 1 aliphatic heterocycles. The first-order chi connectivity index (χ1) is 13.4. The summed E-state index contributed by atoms with van der Waals surface area (Å²) in [6, 6.07) is 0. The topological polar surface area (TPSA) is 38.8 Å². The molecular formula is C25H40O3. The van der Waals surface area contributed by atoms with E-state index < -0.39 is 0 Å². The van der Waals surface area contributed by atoms with Gasteiger partial charge in [-0.2, -0.15) is 0 Å². The van der Waals surface area contributed by atoms with Gasteiger partial charge in [0.1, 0.15) is 0 Å². The highest BCUT2D eigenvalue weighted by Gasteiger charge is 2.73. The number of hydrogen-bond acceptors (Lipinski definition) is 3. The number of fused-ring (bicyclic) bond motifs is 8. The molecule has 1 heterocycles. The lowest BCUT2D eigenvalue weighted by Crippen LogP contribution is -2.56. The molecule has 0 bridgehead atoms. The number of carbonyl (C=O) groups is 1. The number of ether oxygens (including phenoxy) is 2. The van der Waals surface area contributed by atoms with Crippen LogP contribution >= 0.6 is 0 Å². The minimum absolute atomic E-state index is 0.0562. The molecule has 3 heteroatoms. The smallest absolute Gasteiger partial charge is 0.305 e. The molecule has 0 aromatic rings. The third-order valence-electron chi connectivity index (χ3n) is 10.6. The van der Waals surface area contributed by atoms with Crippen molar-refractivity contribution in [2.45, 2.75) is 97.2 Å². The predicted octanol–water partition coefficient (Wildman–Crippen LogP) is 5.61. The van der Waals surface area contributed by atoms with E-state index in [1.807, 2.05) is 0 Å². The standard InChI is InChI=1S/C25H40O3/c1-15(8-13-20(26)27-4)18-11-12-19-17-10-9-16-7-5-6-14-24(16,2)21(17)22-23(28-22)25(18,19)3/h15-19,21-23H,5-14H2,1-4H3/t15-,16+,17-,18+,19-,21+,22-,23-,24-,25+/m0/s1. The highest BCUT2D eigenvalue weighted by molar-refractivity contribution is 5.69. The Morgan fingerprint density at radius 2 is 1.96 bits per heavy atom. The molecule has 4 aliphatic carbocycles. The monoisotopic (exact) mass is 388 g/mol. The molecule has 4 saturated carbocycles. The van der Waals surface area contributed by atoms with Gasteiger partial charge in [-0.15, -0.1) is 0 Å². The van der Waals surface area contributed by atoms with Gasteiger partial charge in [0.25, 0.3) is 0 Å². The SMILES string of the molecule is COC(=O)CC[C@H](C)[C@H]1CC[C@H]2[C@@H]3CC[C@H]4CCCC[C@]4(C)[C@H]3[C@@H]3O[C@@H]3[C@]12C. The first kappa shape index (κ1) is 19.4. The molecule has 0 N–H and O–H groups in total. The predicted molar refractivity (Wildman–Crippen MR) is 110 cm³/mol. The molecular weight excluding hydrogens is 348 g/mol. The van der Waals surface area contributed by atoms with E-state index in [1.54, 1.807) is 0 Å². The van der Waals surface area contributed by atoms with Crippen molar-refractivity contribution in [1.29, 1.82) is 0 Å². The van der Waals surface area contributed by atoms with Crippen LogP contribution in [0.2, 0.25) is 0 Å². The third kappa shape index (κ3) is 2.60. The van der Waals surface area contributed by atoms with Crippen molar-refractivity contribution in [3.63, 3.8) is 0 Å². The first-order valence-electron chi connectivity index (χ1n) is 12.1. The second kappa shape index (κ2) is 6.72. The molecule has 3 nitrogen and oxygen atoms in total. The van der Waals surface area contributed by atoms with Gasteiger partial charge in [0.05, 0.1) is 19.3 Å². The molecule has 28 heavy (non-hydrogen) atoms. The van der Waals surface area contributed by atoms with Crippen molar-refractivity contribution < 1.29 is 14.3 Å². The minimum Gasteiger partial charge on any atom is -0.469 e. The van der Waals surface area contributed by atoms with E-state index in [-0.39, 0.29) is 5.97 Å². The average molecular weight is 389 g/mol. The maximum atomic E-state index is 11.7. The fraction of sp³-hybridized carbons (Fsp3) is 0.960. The van der Waals surface area contributed by atoms with Gasteiger partial charge >= 0.3 is 5.97 Å². The molecule has 0 unspecified atom stereocenters. The van der Waals surface area contributed by atoms with Crippen molar-refractivity contribution in [3.8, 4) is 0 Å². The van der Waals surface area contributed by atoms with E-state index in [1.165, 1.54) is 58.5 Å². The molecule has 1 saturated heterocycles. The summed E-state index contributed by atoms with van der Waals surface area (Å²) in [6.07, 6.45) is 14.0. The van der Waals surface area contributed by atoms with Crippen LogP contribution in [-0.4, -0.2) is 25.3 Å². The van der Waals surface area contributed by atoms with Crippen LogP contribution in [0.1, 0.15) is 85.0 Å². The van der Waals surface area contributed by atoms with Crippen LogP contribution in [0.5, 0.6) is 0 Å². The summed E-state index contributed by atoms with van der Waals surface area (Å²) < 4.78 is 11.5. The van der Waals surface area contributed by atoms with Crippen LogP contribution in [0.3, 0.4) is 0 Å². The van der Waals surface area contributed by atoms with Crippen LogP contribution in [0, 0.1) is 46.3 Å². The molecule has 10 atom stereocenters. The Morgan fingerprint density at radius 1 is 1.14 bits per heavy atom. The lowest BCUT2D eigenvalue weighted by atomic mass is 9.44. The van der Waals surface area contributed by atoms with E-state index in [0.29, 0.717) is 41.3 Å². The van der Waals surface area contributed by atoms with Gasteiger partial charge in [0.2, 0.25) is 0 Å². The Balaban J connectivity index is 1.38. The summed E-state index contributed by atoms with van der Waals surface area (Å²) in [5.74, 6) is 4.72. The third-order valence-corrected chi connectivity index (χ3v) is 10.6. The van der Waals surface area contributed by atoms with Crippen LogP contribution in [0.4, 0.5) is 0 Å². The molecule has 0 aromatic carbocycles.